The van der Waals surface area contributed by atoms with Crippen LogP contribution in [0.1, 0.15) is 60.4 Å². The molecule has 1 N–H and O–H groups in total. The molecule has 2 aromatic heterocycles. The van der Waals surface area contributed by atoms with Crippen LogP contribution in [0.5, 0.6) is 5.75 Å². The fourth-order valence-electron chi connectivity index (χ4n) is 4.05. The highest BCUT2D eigenvalue weighted by Crippen LogP contribution is 2.33. The van der Waals surface area contributed by atoms with Gasteiger partial charge in [0, 0.05) is 35.6 Å². The van der Waals surface area contributed by atoms with E-state index in [1.807, 2.05) is 0 Å². The Morgan fingerprint density at radius 3 is 2.47 bits per heavy atom. The molecule has 0 unspecified atom stereocenters. The zero-order valence-electron chi connectivity index (χ0n) is 24.1. The van der Waals surface area contributed by atoms with Gasteiger partial charge in [0.25, 0.3) is 5.91 Å². The van der Waals surface area contributed by atoms with E-state index in [2.05, 4.69) is 20.3 Å². The molecular weight excluding hydrogens is 594 g/mol. The zero-order chi connectivity index (χ0) is 31.5. The van der Waals surface area contributed by atoms with Gasteiger partial charge in [0.1, 0.15) is 34.9 Å². The first kappa shape index (κ1) is 32.1. The number of nitrogens with one attached hydrogen (secondary N) is 1. The number of nitrogens with zero attached hydrogens (tertiary/aromatic N) is 4. The molecule has 2 atom stereocenters. The molecule has 3 heterocycles. The second-order valence-corrected chi connectivity index (χ2v) is 12.1. The lowest BCUT2D eigenvalue weighted by Crippen LogP contribution is -2.49. The van der Waals surface area contributed by atoms with Crippen LogP contribution in [-0.4, -0.2) is 69.9 Å². The number of aryl methyl sites for hydroxylation is 1. The number of hydrogen-bond donors (Lipinski definition) is 1. The van der Waals surface area contributed by atoms with Crippen molar-refractivity contribution in [2.75, 3.05) is 26.3 Å². The van der Waals surface area contributed by atoms with Crippen LogP contribution in [0.4, 0.5) is 22.4 Å². The van der Waals surface area contributed by atoms with E-state index in [9.17, 15) is 22.8 Å². The van der Waals surface area contributed by atoms with Crippen LogP contribution in [-0.2, 0) is 15.7 Å². The van der Waals surface area contributed by atoms with E-state index in [-0.39, 0.29) is 42.2 Å². The molecule has 232 valence electrons. The topological polar surface area (TPSA) is 116 Å². The van der Waals surface area contributed by atoms with Gasteiger partial charge >= 0.3 is 12.3 Å². The summed E-state index contributed by atoms with van der Waals surface area (Å²) >= 11 is 1.22. The Morgan fingerprint density at radius 1 is 1.16 bits per heavy atom. The maximum absolute atomic E-state index is 15.7. The van der Waals surface area contributed by atoms with E-state index in [4.69, 9.17) is 14.2 Å². The summed E-state index contributed by atoms with van der Waals surface area (Å²) in [5.74, 6) is -2.85. The number of aromatic nitrogens is 3. The fourth-order valence-corrected chi connectivity index (χ4v) is 4.82. The van der Waals surface area contributed by atoms with Crippen molar-refractivity contribution >= 4 is 23.3 Å². The third-order valence-electron chi connectivity index (χ3n) is 6.14. The predicted octanol–water partition coefficient (Wildman–Crippen LogP) is 5.57. The molecule has 15 heteroatoms. The quantitative estimate of drug-likeness (QED) is 0.339. The van der Waals surface area contributed by atoms with Crippen molar-refractivity contribution in [2.24, 2.45) is 0 Å². The Bertz CT molecular complexity index is 1460. The standard InChI is InChI=1S/C28H31F4N5O5S/c1-15-10-33-24(43-15)21-9-18(41-14-19-13-37(6-7-40-19)26(39)42-27(3,4)5)8-20(22(21)29)23(38)36-16(2)17-11-34-25(35-12-17)28(30,31)32/h8-12,16,19H,6-7,13-14H2,1-5H3,(H,36,38)/t16-,19-/m1/s1. The summed E-state index contributed by atoms with van der Waals surface area (Å²) < 4.78 is 71.3. The average Bonchev–Trinajstić information content (AvgIpc) is 3.37. The molecule has 43 heavy (non-hydrogen) atoms. The van der Waals surface area contributed by atoms with E-state index >= 15 is 4.39 Å². The van der Waals surface area contributed by atoms with Crippen LogP contribution in [0.25, 0.3) is 10.6 Å². The van der Waals surface area contributed by atoms with Gasteiger partial charge in [-0.15, -0.1) is 11.3 Å². The van der Waals surface area contributed by atoms with E-state index in [1.54, 1.807) is 33.9 Å². The Balaban J connectivity index is 1.53. The van der Waals surface area contributed by atoms with E-state index in [1.165, 1.54) is 35.3 Å². The number of carbonyl (C=O) groups is 2. The highest BCUT2D eigenvalue weighted by atomic mass is 32.1. The van der Waals surface area contributed by atoms with Crippen molar-refractivity contribution in [1.29, 1.82) is 0 Å². The maximum atomic E-state index is 15.7. The normalized spacial score (nSPS) is 16.5. The summed E-state index contributed by atoms with van der Waals surface area (Å²) in [5.41, 5.74) is -0.797. The van der Waals surface area contributed by atoms with Crippen molar-refractivity contribution in [3.05, 3.63) is 58.4 Å². The Labute approximate surface area is 249 Å². The van der Waals surface area contributed by atoms with Gasteiger partial charge in [-0.05, 0) is 46.8 Å². The van der Waals surface area contributed by atoms with Gasteiger partial charge in [0.15, 0.2) is 0 Å². The van der Waals surface area contributed by atoms with Crippen LogP contribution in [0, 0.1) is 12.7 Å². The molecule has 1 aliphatic rings. The molecule has 2 amide bonds. The average molecular weight is 626 g/mol. The maximum Gasteiger partial charge on any atom is 0.451 e. The van der Waals surface area contributed by atoms with Crippen molar-refractivity contribution in [3.63, 3.8) is 0 Å². The summed E-state index contributed by atoms with van der Waals surface area (Å²) in [6, 6.07) is 1.80. The number of alkyl halides is 3. The summed E-state index contributed by atoms with van der Waals surface area (Å²) in [6.07, 6.45) is -2.24. The number of thiazole rings is 1. The number of ether oxygens (including phenoxy) is 3. The lowest BCUT2D eigenvalue weighted by molar-refractivity contribution is -0.145. The lowest BCUT2D eigenvalue weighted by atomic mass is 10.1. The highest BCUT2D eigenvalue weighted by Gasteiger charge is 2.34. The van der Waals surface area contributed by atoms with Crippen LogP contribution < -0.4 is 10.1 Å². The first-order valence-electron chi connectivity index (χ1n) is 13.3. The lowest BCUT2D eigenvalue weighted by Gasteiger charge is -2.34. The molecule has 3 aromatic rings. The second kappa shape index (κ2) is 12.8. The highest BCUT2D eigenvalue weighted by molar-refractivity contribution is 7.14. The van der Waals surface area contributed by atoms with Gasteiger partial charge in [-0.2, -0.15) is 13.2 Å². The van der Waals surface area contributed by atoms with Gasteiger partial charge in [-0.25, -0.2) is 24.1 Å². The van der Waals surface area contributed by atoms with E-state index in [0.717, 1.165) is 17.3 Å². The Hall–Kier alpha value is -3.85. The number of rotatable bonds is 7. The predicted molar refractivity (Wildman–Crippen MR) is 148 cm³/mol. The summed E-state index contributed by atoms with van der Waals surface area (Å²) in [6.45, 7) is 9.43. The van der Waals surface area contributed by atoms with Gasteiger partial charge in [0.2, 0.25) is 5.82 Å². The number of amides is 2. The van der Waals surface area contributed by atoms with Gasteiger partial charge in [0.05, 0.1) is 30.3 Å². The molecule has 0 spiro atoms. The van der Waals surface area contributed by atoms with Crippen LogP contribution >= 0.6 is 11.3 Å². The van der Waals surface area contributed by atoms with Crippen molar-refractivity contribution in [1.82, 2.24) is 25.2 Å². The molecule has 1 saturated heterocycles. The number of benzene rings is 1. The smallest absolute Gasteiger partial charge is 0.451 e. The molecule has 0 aliphatic carbocycles. The molecule has 0 saturated carbocycles. The fraction of sp³-hybridized carbons (Fsp3) is 0.464. The first-order chi connectivity index (χ1) is 20.1. The number of morpholine rings is 1. The molecule has 1 fully saturated rings. The minimum absolute atomic E-state index is 0.0123. The van der Waals surface area contributed by atoms with Gasteiger partial charge < -0.3 is 24.4 Å². The summed E-state index contributed by atoms with van der Waals surface area (Å²) in [4.78, 5) is 38.9. The summed E-state index contributed by atoms with van der Waals surface area (Å²) in [7, 11) is 0. The third-order valence-corrected chi connectivity index (χ3v) is 7.09. The minimum Gasteiger partial charge on any atom is -0.491 e. The van der Waals surface area contributed by atoms with Gasteiger partial charge in [-0.1, -0.05) is 0 Å². The van der Waals surface area contributed by atoms with E-state index < -0.39 is 47.6 Å². The molecule has 10 nitrogen and oxygen atoms in total. The third kappa shape index (κ3) is 8.38. The van der Waals surface area contributed by atoms with Crippen LogP contribution in [0.2, 0.25) is 0 Å². The Kier molecular flexibility index (Phi) is 9.54. The molecule has 1 aliphatic heterocycles. The van der Waals surface area contributed by atoms with Crippen LogP contribution in [0.15, 0.2) is 30.7 Å². The zero-order valence-corrected chi connectivity index (χ0v) is 24.9. The molecule has 0 radical (unpaired) electrons. The second-order valence-electron chi connectivity index (χ2n) is 10.9. The monoisotopic (exact) mass is 625 g/mol. The van der Waals surface area contributed by atoms with E-state index in [0.29, 0.717) is 11.6 Å². The molecule has 1 aromatic carbocycles. The molecular formula is C28H31F4N5O5S. The molecule has 0 bridgehead atoms. The van der Waals surface area contributed by atoms with Crippen LogP contribution in [0.3, 0.4) is 0 Å². The summed E-state index contributed by atoms with van der Waals surface area (Å²) in [5, 5.41) is 2.89. The largest absolute Gasteiger partial charge is 0.491 e. The number of hydrogen-bond acceptors (Lipinski definition) is 9. The molecule has 4 rings (SSSR count). The number of halogens is 4. The SMILES string of the molecule is Cc1cnc(-c2cc(OC[C@H]3CN(C(=O)OC(C)(C)C)CCO3)cc(C(=O)N[C@H](C)c3cnc(C(F)(F)F)nc3)c2F)s1. The van der Waals surface area contributed by atoms with Crippen molar-refractivity contribution < 1.29 is 41.4 Å². The number of carbonyl (C=O) groups excluding carboxylic acids is 2. The van der Waals surface area contributed by atoms with Crippen molar-refractivity contribution in [3.8, 4) is 16.3 Å². The first-order valence-corrected chi connectivity index (χ1v) is 14.1. The van der Waals surface area contributed by atoms with Gasteiger partial charge in [-0.3, -0.25) is 4.79 Å². The van der Waals surface area contributed by atoms with Crippen molar-refractivity contribution in [2.45, 2.75) is 58.5 Å². The Morgan fingerprint density at radius 2 is 1.86 bits per heavy atom. The minimum atomic E-state index is -4.71.